The van der Waals surface area contributed by atoms with E-state index in [1.165, 1.54) is 32.1 Å². The van der Waals surface area contributed by atoms with E-state index < -0.39 is 0 Å². The summed E-state index contributed by atoms with van der Waals surface area (Å²) in [5.74, 6) is 0. The molecule has 0 spiro atoms. The van der Waals surface area contributed by atoms with Crippen molar-refractivity contribution in [1.82, 2.24) is 0 Å². The van der Waals surface area contributed by atoms with Crippen LogP contribution in [0.15, 0.2) is 0 Å². The minimum Gasteiger partial charge on any atom is -0.394 e. The minimum atomic E-state index is -0.136. The highest BCUT2D eigenvalue weighted by Gasteiger charge is 2.29. The van der Waals surface area contributed by atoms with Gasteiger partial charge in [0.05, 0.1) is 18.8 Å². The molecule has 0 aromatic heterocycles. The summed E-state index contributed by atoms with van der Waals surface area (Å²) in [5.41, 5.74) is 5.66. The summed E-state index contributed by atoms with van der Waals surface area (Å²) in [6.07, 6.45) is 8.48. The van der Waals surface area contributed by atoms with Crippen LogP contribution in [0, 0.1) is 0 Å². The maximum atomic E-state index is 8.77. The maximum absolute atomic E-state index is 8.77. The van der Waals surface area contributed by atoms with Crippen molar-refractivity contribution in [2.24, 2.45) is 5.73 Å². The Hall–Kier alpha value is -0.120. The largest absolute Gasteiger partial charge is 0.394 e. The SMILES string of the molecule is NCC1(OCCO)CCCCCCC1. The smallest absolute Gasteiger partial charge is 0.0805 e. The molecule has 3 N–H and O–H groups in total. The molecule has 0 aliphatic heterocycles. The Morgan fingerprint density at radius 2 is 1.64 bits per heavy atom. The maximum Gasteiger partial charge on any atom is 0.0805 e. The molecule has 1 fully saturated rings. The zero-order chi connectivity index (χ0) is 10.3. The number of rotatable bonds is 4. The average molecular weight is 201 g/mol. The Labute approximate surface area is 86.6 Å². The van der Waals surface area contributed by atoms with Crippen LogP contribution in [0.3, 0.4) is 0 Å². The fourth-order valence-electron chi connectivity index (χ4n) is 2.22. The quantitative estimate of drug-likeness (QED) is 0.723. The second kappa shape index (κ2) is 6.38. The van der Waals surface area contributed by atoms with Crippen molar-refractivity contribution >= 4 is 0 Å². The highest BCUT2D eigenvalue weighted by molar-refractivity contribution is 4.83. The standard InChI is InChI=1S/C11H23NO2/c12-10-11(14-9-8-13)6-4-2-1-3-5-7-11/h13H,1-10,12H2. The molecule has 1 saturated carbocycles. The molecular weight excluding hydrogens is 178 g/mol. The van der Waals surface area contributed by atoms with Crippen molar-refractivity contribution in [3.05, 3.63) is 0 Å². The van der Waals surface area contributed by atoms with Crippen LogP contribution in [0.1, 0.15) is 44.9 Å². The highest BCUT2D eigenvalue weighted by Crippen LogP contribution is 2.28. The number of aliphatic hydroxyl groups excluding tert-OH is 1. The first-order chi connectivity index (χ1) is 6.83. The number of hydrogen-bond donors (Lipinski definition) is 2. The Morgan fingerprint density at radius 1 is 1.07 bits per heavy atom. The fourth-order valence-corrected chi connectivity index (χ4v) is 2.22. The molecule has 0 amide bonds. The van der Waals surface area contributed by atoms with Crippen LogP contribution >= 0.6 is 0 Å². The van der Waals surface area contributed by atoms with E-state index in [-0.39, 0.29) is 12.2 Å². The lowest BCUT2D eigenvalue weighted by Gasteiger charge is -2.34. The van der Waals surface area contributed by atoms with Gasteiger partial charge in [0.25, 0.3) is 0 Å². The summed E-state index contributed by atoms with van der Waals surface area (Å²) in [7, 11) is 0. The second-order valence-corrected chi connectivity index (χ2v) is 4.23. The van der Waals surface area contributed by atoms with Crippen molar-refractivity contribution in [3.8, 4) is 0 Å². The minimum absolute atomic E-state index is 0.0990. The van der Waals surface area contributed by atoms with Crippen LogP contribution < -0.4 is 5.73 Å². The van der Waals surface area contributed by atoms with Gasteiger partial charge in [0.15, 0.2) is 0 Å². The molecule has 1 aliphatic rings. The molecule has 0 aromatic rings. The molecule has 0 unspecified atom stereocenters. The van der Waals surface area contributed by atoms with Gasteiger partial charge in [0.1, 0.15) is 0 Å². The average Bonchev–Trinajstić information content (AvgIpc) is 2.18. The summed E-state index contributed by atoms with van der Waals surface area (Å²) in [6, 6.07) is 0. The molecule has 1 rings (SSSR count). The molecule has 84 valence electrons. The molecule has 0 heterocycles. The molecule has 0 atom stereocenters. The number of ether oxygens (including phenoxy) is 1. The lowest BCUT2D eigenvalue weighted by molar-refractivity contribution is -0.0673. The lowest BCUT2D eigenvalue weighted by atomic mass is 9.87. The van der Waals surface area contributed by atoms with E-state index in [1.807, 2.05) is 0 Å². The molecule has 0 radical (unpaired) electrons. The first-order valence-corrected chi connectivity index (χ1v) is 5.78. The number of nitrogens with two attached hydrogens (primary N) is 1. The Balaban J connectivity index is 2.44. The van der Waals surface area contributed by atoms with E-state index in [9.17, 15) is 0 Å². The normalized spacial score (nSPS) is 22.7. The van der Waals surface area contributed by atoms with Crippen molar-refractivity contribution < 1.29 is 9.84 Å². The third kappa shape index (κ3) is 3.56. The number of aliphatic hydroxyl groups is 1. The van der Waals surface area contributed by atoms with Crippen molar-refractivity contribution in [2.75, 3.05) is 19.8 Å². The zero-order valence-electron chi connectivity index (χ0n) is 9.00. The van der Waals surface area contributed by atoms with Gasteiger partial charge in [-0.1, -0.05) is 32.1 Å². The Bertz CT molecular complexity index is 137. The van der Waals surface area contributed by atoms with Crippen LogP contribution in [0.25, 0.3) is 0 Å². The van der Waals surface area contributed by atoms with Crippen LogP contribution in [-0.2, 0) is 4.74 Å². The van der Waals surface area contributed by atoms with Crippen LogP contribution in [0.4, 0.5) is 0 Å². The predicted octanol–water partition coefficient (Wildman–Crippen LogP) is 1.44. The second-order valence-electron chi connectivity index (χ2n) is 4.23. The first-order valence-electron chi connectivity index (χ1n) is 5.78. The van der Waals surface area contributed by atoms with Crippen LogP contribution in [0.2, 0.25) is 0 Å². The summed E-state index contributed by atoms with van der Waals surface area (Å²) in [4.78, 5) is 0. The van der Waals surface area contributed by atoms with Crippen molar-refractivity contribution in [2.45, 2.75) is 50.5 Å². The van der Waals surface area contributed by atoms with E-state index in [1.54, 1.807) is 0 Å². The van der Waals surface area contributed by atoms with Gasteiger partial charge in [0.2, 0.25) is 0 Å². The van der Waals surface area contributed by atoms with Crippen molar-refractivity contribution in [1.29, 1.82) is 0 Å². The van der Waals surface area contributed by atoms with Crippen LogP contribution in [-0.4, -0.2) is 30.5 Å². The van der Waals surface area contributed by atoms with E-state index in [0.717, 1.165) is 12.8 Å². The lowest BCUT2D eigenvalue weighted by Crippen LogP contribution is -2.42. The molecule has 0 aromatic carbocycles. The van der Waals surface area contributed by atoms with Crippen molar-refractivity contribution in [3.63, 3.8) is 0 Å². The van der Waals surface area contributed by atoms with Gasteiger partial charge in [0, 0.05) is 6.54 Å². The van der Waals surface area contributed by atoms with E-state index >= 15 is 0 Å². The van der Waals surface area contributed by atoms with Gasteiger partial charge in [-0.15, -0.1) is 0 Å². The summed E-state index contributed by atoms with van der Waals surface area (Å²) >= 11 is 0. The number of hydrogen-bond acceptors (Lipinski definition) is 3. The molecule has 14 heavy (non-hydrogen) atoms. The van der Waals surface area contributed by atoms with Gasteiger partial charge in [-0.25, -0.2) is 0 Å². The summed E-state index contributed by atoms with van der Waals surface area (Å²) in [5, 5.41) is 8.77. The molecule has 1 aliphatic carbocycles. The molecule has 0 saturated heterocycles. The third-order valence-electron chi connectivity index (χ3n) is 3.14. The molecular formula is C11H23NO2. The van der Waals surface area contributed by atoms with E-state index in [0.29, 0.717) is 13.2 Å². The van der Waals surface area contributed by atoms with Gasteiger partial charge in [-0.2, -0.15) is 0 Å². The highest BCUT2D eigenvalue weighted by atomic mass is 16.5. The van der Waals surface area contributed by atoms with E-state index in [4.69, 9.17) is 15.6 Å². The predicted molar refractivity (Wildman–Crippen MR) is 57.1 cm³/mol. The van der Waals surface area contributed by atoms with Gasteiger partial charge < -0.3 is 15.6 Å². The first kappa shape index (κ1) is 12.0. The van der Waals surface area contributed by atoms with Gasteiger partial charge in [-0.05, 0) is 12.8 Å². The molecule has 3 nitrogen and oxygen atoms in total. The fraction of sp³-hybridized carbons (Fsp3) is 1.00. The topological polar surface area (TPSA) is 55.5 Å². The van der Waals surface area contributed by atoms with E-state index in [2.05, 4.69) is 0 Å². The Morgan fingerprint density at radius 3 is 2.14 bits per heavy atom. The summed E-state index contributed by atoms with van der Waals surface area (Å²) < 4.78 is 5.73. The monoisotopic (exact) mass is 201 g/mol. The molecule has 3 heteroatoms. The summed E-state index contributed by atoms with van der Waals surface area (Å²) in [6.45, 7) is 1.12. The third-order valence-corrected chi connectivity index (χ3v) is 3.14. The van der Waals surface area contributed by atoms with Gasteiger partial charge >= 0.3 is 0 Å². The Kier molecular flexibility index (Phi) is 5.45. The zero-order valence-corrected chi connectivity index (χ0v) is 9.00. The van der Waals surface area contributed by atoms with Gasteiger partial charge in [-0.3, -0.25) is 0 Å². The van der Waals surface area contributed by atoms with Crippen LogP contribution in [0.5, 0.6) is 0 Å². The molecule has 0 bridgehead atoms.